The van der Waals surface area contributed by atoms with Gasteiger partial charge in [-0.05, 0) is 10.5 Å². The third-order valence-electron chi connectivity index (χ3n) is 2.17. The van der Waals surface area contributed by atoms with Crippen LogP contribution in [0.15, 0.2) is 12.7 Å². The van der Waals surface area contributed by atoms with E-state index in [2.05, 4.69) is 36.0 Å². The largest absolute Gasteiger partial charge is 0.373 e. The van der Waals surface area contributed by atoms with Crippen molar-refractivity contribution in [3.05, 3.63) is 18.2 Å². The molecule has 0 bridgehead atoms. The molecule has 0 aliphatic carbocycles. The molecule has 5 nitrogen and oxygen atoms in total. The first kappa shape index (κ1) is 8.93. The predicted octanol–water partition coefficient (Wildman–Crippen LogP) is 0.423. The van der Waals surface area contributed by atoms with Crippen molar-refractivity contribution in [3.63, 3.8) is 0 Å². The van der Waals surface area contributed by atoms with E-state index < -0.39 is 0 Å². The number of nitrogens with two attached hydrogens (primary N) is 1. The summed E-state index contributed by atoms with van der Waals surface area (Å²) in [5.41, 5.74) is 7.72. The maximum Gasteiger partial charge on any atom is 0.240 e. The minimum atomic E-state index is -0.0455. The molecule has 0 unspecified atom stereocenters. The molecular weight excluding hydrogens is 178 g/mol. The number of nitrogens with zero attached hydrogens (tertiary/aromatic N) is 3. The van der Waals surface area contributed by atoms with Gasteiger partial charge in [-0.2, -0.15) is 9.50 Å². The number of nitrogen functional groups attached to an aromatic ring is 1. The number of aromatic nitrogens is 4. The molecule has 0 radical (unpaired) electrons. The molecule has 0 aliphatic rings. The first-order valence-electron chi connectivity index (χ1n) is 4.49. The highest BCUT2D eigenvalue weighted by molar-refractivity contribution is 5.56. The molecule has 0 aromatic carbocycles. The van der Waals surface area contributed by atoms with Crippen LogP contribution in [-0.2, 0) is 5.41 Å². The summed E-state index contributed by atoms with van der Waals surface area (Å²) in [6, 6.07) is 0. The lowest BCUT2D eigenvalue weighted by atomic mass is 9.88. The van der Waals surface area contributed by atoms with Gasteiger partial charge in [-0.3, -0.25) is 0 Å². The molecule has 2 aromatic rings. The summed E-state index contributed by atoms with van der Waals surface area (Å²) < 4.78 is 1.83. The van der Waals surface area contributed by atoms with Crippen LogP contribution in [-0.4, -0.2) is 15.2 Å². The molecule has 2 rings (SSSR count). The molecule has 0 amide bonds. The van der Waals surface area contributed by atoms with Crippen LogP contribution in [0, 0.1) is 0 Å². The maximum absolute atomic E-state index is 5.86. The molecular formula is C9H14N5+. The first-order chi connectivity index (χ1) is 6.50. The SMILES string of the molecule is CC(C)(C)c1c(N)nc[n+]2cn[nH]c12. The lowest BCUT2D eigenvalue weighted by Crippen LogP contribution is -2.27. The van der Waals surface area contributed by atoms with E-state index >= 15 is 0 Å². The number of H-pyrrole nitrogens is 1. The van der Waals surface area contributed by atoms with Crippen LogP contribution in [0.5, 0.6) is 0 Å². The van der Waals surface area contributed by atoms with Gasteiger partial charge in [-0.25, -0.2) is 0 Å². The monoisotopic (exact) mass is 192 g/mol. The van der Waals surface area contributed by atoms with Crippen LogP contribution in [0.1, 0.15) is 26.3 Å². The lowest BCUT2D eigenvalue weighted by molar-refractivity contribution is -0.516. The Morgan fingerprint density at radius 2 is 2.07 bits per heavy atom. The number of aromatic amines is 1. The van der Waals surface area contributed by atoms with Crippen molar-refractivity contribution >= 4 is 11.5 Å². The number of nitrogens with one attached hydrogen (secondary N) is 1. The summed E-state index contributed by atoms with van der Waals surface area (Å²) >= 11 is 0. The molecule has 5 heteroatoms. The van der Waals surface area contributed by atoms with Gasteiger partial charge in [0.1, 0.15) is 0 Å². The average Bonchev–Trinajstić information content (AvgIpc) is 2.48. The Bertz CT molecular complexity index is 465. The first-order valence-corrected chi connectivity index (χ1v) is 4.49. The summed E-state index contributed by atoms with van der Waals surface area (Å²) in [5, 5.41) is 6.89. The molecule has 74 valence electrons. The second kappa shape index (κ2) is 2.67. The molecule has 2 aromatic heterocycles. The van der Waals surface area contributed by atoms with Crippen LogP contribution in [0.4, 0.5) is 5.82 Å². The van der Waals surface area contributed by atoms with E-state index in [1.54, 1.807) is 12.7 Å². The second-order valence-corrected chi connectivity index (χ2v) is 4.37. The minimum Gasteiger partial charge on any atom is -0.373 e. The van der Waals surface area contributed by atoms with Crippen molar-refractivity contribution in [2.24, 2.45) is 0 Å². The van der Waals surface area contributed by atoms with E-state index in [-0.39, 0.29) is 5.41 Å². The topological polar surface area (TPSA) is 71.7 Å². The average molecular weight is 192 g/mol. The second-order valence-electron chi connectivity index (χ2n) is 4.37. The fourth-order valence-electron chi connectivity index (χ4n) is 1.59. The Morgan fingerprint density at radius 1 is 1.36 bits per heavy atom. The van der Waals surface area contributed by atoms with Crippen molar-refractivity contribution < 1.29 is 4.40 Å². The van der Waals surface area contributed by atoms with Crippen LogP contribution in [0.25, 0.3) is 5.65 Å². The van der Waals surface area contributed by atoms with Gasteiger partial charge in [0.05, 0.1) is 5.56 Å². The van der Waals surface area contributed by atoms with Gasteiger partial charge in [0.2, 0.25) is 18.3 Å². The molecule has 0 fully saturated rings. The molecule has 14 heavy (non-hydrogen) atoms. The van der Waals surface area contributed by atoms with E-state index in [4.69, 9.17) is 5.73 Å². The van der Waals surface area contributed by atoms with E-state index in [1.807, 2.05) is 4.40 Å². The highest BCUT2D eigenvalue weighted by atomic mass is 15.2. The maximum atomic E-state index is 5.86. The van der Waals surface area contributed by atoms with Crippen LogP contribution < -0.4 is 10.1 Å². The summed E-state index contributed by atoms with van der Waals surface area (Å²) in [6.07, 6.45) is 3.33. The molecule has 0 saturated heterocycles. The van der Waals surface area contributed by atoms with Crippen molar-refractivity contribution in [1.29, 1.82) is 0 Å². The van der Waals surface area contributed by atoms with Crippen LogP contribution >= 0.6 is 0 Å². The highest BCUT2D eigenvalue weighted by Crippen LogP contribution is 2.27. The normalized spacial score (nSPS) is 12.2. The zero-order valence-corrected chi connectivity index (χ0v) is 8.57. The summed E-state index contributed by atoms with van der Waals surface area (Å²) in [6.45, 7) is 6.30. The predicted molar refractivity (Wildman–Crippen MR) is 52.7 cm³/mol. The fourth-order valence-corrected chi connectivity index (χ4v) is 1.59. The number of hydrogen-bond acceptors (Lipinski definition) is 3. The van der Waals surface area contributed by atoms with Crippen LogP contribution in [0.3, 0.4) is 0 Å². The Hall–Kier alpha value is -1.65. The standard InChI is InChI=1S/C9H13N5/c1-9(2,3)6-7(10)11-4-14-5-12-13-8(6)14/h4-5H,1-3H3,(H2,10,13)/p+1. The lowest BCUT2D eigenvalue weighted by Gasteiger charge is -2.17. The zero-order chi connectivity index (χ0) is 10.3. The summed E-state index contributed by atoms with van der Waals surface area (Å²) in [4.78, 5) is 4.13. The van der Waals surface area contributed by atoms with Gasteiger partial charge in [-0.1, -0.05) is 20.8 Å². The van der Waals surface area contributed by atoms with Crippen molar-refractivity contribution in [1.82, 2.24) is 15.2 Å². The summed E-state index contributed by atoms with van der Waals surface area (Å²) in [5.74, 6) is 0.557. The van der Waals surface area contributed by atoms with Gasteiger partial charge in [-0.15, -0.1) is 4.98 Å². The van der Waals surface area contributed by atoms with Gasteiger partial charge < -0.3 is 5.73 Å². The third-order valence-corrected chi connectivity index (χ3v) is 2.17. The van der Waals surface area contributed by atoms with E-state index in [0.29, 0.717) is 5.82 Å². The Morgan fingerprint density at radius 3 is 2.71 bits per heavy atom. The molecule has 2 heterocycles. The Labute approximate surface area is 82.0 Å². The fraction of sp³-hybridized carbons (Fsp3) is 0.444. The van der Waals surface area contributed by atoms with Crippen molar-refractivity contribution in [3.8, 4) is 0 Å². The van der Waals surface area contributed by atoms with E-state index in [1.165, 1.54) is 0 Å². The zero-order valence-electron chi connectivity index (χ0n) is 8.57. The van der Waals surface area contributed by atoms with Gasteiger partial charge in [0, 0.05) is 0 Å². The molecule has 0 atom stereocenters. The number of hydrogen-bond donors (Lipinski definition) is 2. The smallest absolute Gasteiger partial charge is 0.240 e. The third kappa shape index (κ3) is 1.21. The van der Waals surface area contributed by atoms with Gasteiger partial charge >= 0.3 is 0 Å². The Balaban J connectivity index is 2.83. The molecule has 0 aliphatic heterocycles. The van der Waals surface area contributed by atoms with Crippen molar-refractivity contribution in [2.75, 3.05) is 5.73 Å². The molecule has 0 saturated carbocycles. The number of anilines is 1. The van der Waals surface area contributed by atoms with E-state index in [0.717, 1.165) is 11.2 Å². The van der Waals surface area contributed by atoms with E-state index in [9.17, 15) is 0 Å². The number of fused-ring (bicyclic) bond motifs is 1. The number of rotatable bonds is 0. The van der Waals surface area contributed by atoms with Gasteiger partial charge in [0.15, 0.2) is 5.82 Å². The van der Waals surface area contributed by atoms with Crippen LogP contribution in [0.2, 0.25) is 0 Å². The summed E-state index contributed by atoms with van der Waals surface area (Å²) in [7, 11) is 0. The van der Waals surface area contributed by atoms with Crippen molar-refractivity contribution in [2.45, 2.75) is 26.2 Å². The Kier molecular flexibility index (Phi) is 1.70. The van der Waals surface area contributed by atoms with Gasteiger partial charge in [0.25, 0.3) is 0 Å². The highest BCUT2D eigenvalue weighted by Gasteiger charge is 2.25. The quantitative estimate of drug-likeness (QED) is 0.594. The minimum absolute atomic E-state index is 0.0455. The molecule has 3 N–H and O–H groups in total. The molecule has 0 spiro atoms.